The van der Waals surface area contributed by atoms with Crippen LogP contribution in [0.4, 0.5) is 16.2 Å². The number of anilines is 1. The molecule has 0 aliphatic carbocycles. The number of nitro benzene ring substituents is 1. The monoisotopic (exact) mass is 368 g/mol. The van der Waals surface area contributed by atoms with Gasteiger partial charge in [0.2, 0.25) is 5.78 Å². The molecule has 2 aromatic carbocycles. The molecule has 27 heavy (non-hydrogen) atoms. The van der Waals surface area contributed by atoms with E-state index in [9.17, 15) is 19.7 Å². The Hall–Kier alpha value is -3.84. The lowest BCUT2D eigenvalue weighted by Crippen LogP contribution is -2.13. The van der Waals surface area contributed by atoms with E-state index < -0.39 is 11.0 Å². The maximum Gasteiger partial charge on any atom is 0.411 e. The summed E-state index contributed by atoms with van der Waals surface area (Å²) in [4.78, 5) is 36.0. The SMILES string of the molecule is [N-]=[N+]=CC(=O)CCc1ccc(NC(=O)OCc2cccc([N+](=O)[O-])c2)cc1. The van der Waals surface area contributed by atoms with Crippen molar-refractivity contribution in [3.8, 4) is 0 Å². The summed E-state index contributed by atoms with van der Waals surface area (Å²) in [5, 5.41) is 13.3. The second kappa shape index (κ2) is 9.59. The molecule has 9 nitrogen and oxygen atoms in total. The molecule has 0 radical (unpaired) electrons. The van der Waals surface area contributed by atoms with Crippen molar-refractivity contribution in [2.75, 3.05) is 5.32 Å². The molecule has 0 spiro atoms. The number of nitrogens with one attached hydrogen (secondary N) is 1. The van der Waals surface area contributed by atoms with Crippen LogP contribution >= 0.6 is 0 Å². The number of non-ortho nitro benzene ring substituents is 1. The number of aryl methyl sites for hydroxylation is 1. The molecule has 0 atom stereocenters. The Kier molecular flexibility index (Phi) is 6.92. The summed E-state index contributed by atoms with van der Waals surface area (Å²) in [6, 6.07) is 12.7. The second-order valence-electron chi connectivity index (χ2n) is 5.54. The van der Waals surface area contributed by atoms with Gasteiger partial charge in [-0.2, -0.15) is 4.79 Å². The molecule has 0 unspecified atom stereocenters. The number of ether oxygens (including phenoxy) is 1. The first kappa shape index (κ1) is 19.5. The van der Waals surface area contributed by atoms with Crippen LogP contribution < -0.4 is 5.32 Å². The van der Waals surface area contributed by atoms with Gasteiger partial charge in [0, 0.05) is 24.2 Å². The van der Waals surface area contributed by atoms with Gasteiger partial charge < -0.3 is 10.3 Å². The number of hydrogen-bond acceptors (Lipinski definition) is 5. The number of nitrogens with zero attached hydrogens (tertiary/aromatic N) is 3. The van der Waals surface area contributed by atoms with Crippen LogP contribution in [0.2, 0.25) is 0 Å². The molecular formula is C18H16N4O5. The molecule has 0 bridgehead atoms. The van der Waals surface area contributed by atoms with Gasteiger partial charge in [-0.05, 0) is 29.7 Å². The van der Waals surface area contributed by atoms with Crippen LogP contribution in [0, 0.1) is 10.1 Å². The van der Waals surface area contributed by atoms with Crippen molar-refractivity contribution in [3.63, 3.8) is 0 Å². The minimum absolute atomic E-state index is 0.0733. The molecule has 138 valence electrons. The summed E-state index contributed by atoms with van der Waals surface area (Å²) in [6.45, 7) is -0.0971. The van der Waals surface area contributed by atoms with Crippen LogP contribution in [0.1, 0.15) is 17.5 Å². The van der Waals surface area contributed by atoms with E-state index in [-0.39, 0.29) is 24.5 Å². The van der Waals surface area contributed by atoms with Crippen LogP contribution in [-0.4, -0.2) is 27.8 Å². The lowest BCUT2D eigenvalue weighted by Gasteiger charge is -2.08. The highest BCUT2D eigenvalue weighted by Crippen LogP contribution is 2.15. The molecule has 0 aliphatic rings. The third-order valence-corrected chi connectivity index (χ3v) is 3.55. The van der Waals surface area contributed by atoms with E-state index >= 15 is 0 Å². The van der Waals surface area contributed by atoms with Gasteiger partial charge in [-0.15, -0.1) is 0 Å². The average molecular weight is 368 g/mol. The van der Waals surface area contributed by atoms with Crippen molar-refractivity contribution in [2.24, 2.45) is 0 Å². The van der Waals surface area contributed by atoms with E-state index in [4.69, 9.17) is 10.3 Å². The highest BCUT2D eigenvalue weighted by molar-refractivity contribution is 6.25. The van der Waals surface area contributed by atoms with E-state index in [1.165, 1.54) is 18.2 Å². The zero-order valence-electron chi connectivity index (χ0n) is 14.2. The molecule has 0 saturated heterocycles. The summed E-state index contributed by atoms with van der Waals surface area (Å²) in [6.07, 6.45) is 0.848. The van der Waals surface area contributed by atoms with Gasteiger partial charge in [-0.3, -0.25) is 20.2 Å². The van der Waals surface area contributed by atoms with Gasteiger partial charge in [-0.25, -0.2) is 4.79 Å². The lowest BCUT2D eigenvalue weighted by molar-refractivity contribution is -0.384. The average Bonchev–Trinajstić information content (AvgIpc) is 2.66. The number of amides is 1. The molecule has 0 aromatic heterocycles. The minimum Gasteiger partial charge on any atom is -0.444 e. The Morgan fingerprint density at radius 2 is 1.93 bits per heavy atom. The number of hydrogen-bond donors (Lipinski definition) is 1. The van der Waals surface area contributed by atoms with Gasteiger partial charge >= 0.3 is 12.3 Å². The maximum atomic E-state index is 11.8. The molecule has 0 fully saturated rings. The Labute approximate surface area is 154 Å². The third-order valence-electron chi connectivity index (χ3n) is 3.55. The number of nitro groups is 1. The third kappa shape index (κ3) is 6.52. The standard InChI is InChI=1S/C18H16N4O5/c19-20-11-17(23)9-6-13-4-7-15(8-5-13)21-18(24)27-12-14-2-1-3-16(10-14)22(25)26/h1-5,7-8,10-11H,6,9,12H2,(H,21,24). The second-order valence-corrected chi connectivity index (χ2v) is 5.54. The Morgan fingerprint density at radius 1 is 1.19 bits per heavy atom. The highest BCUT2D eigenvalue weighted by atomic mass is 16.6. The first-order chi connectivity index (χ1) is 13.0. The molecule has 1 amide bonds. The Morgan fingerprint density at radius 3 is 2.59 bits per heavy atom. The van der Waals surface area contributed by atoms with Gasteiger partial charge in [0.25, 0.3) is 5.69 Å². The number of Topliss-reactive ketones (excluding diaryl/α,β-unsaturated/α-hetero) is 1. The molecular weight excluding hydrogens is 352 g/mol. The van der Waals surface area contributed by atoms with E-state index in [1.54, 1.807) is 30.3 Å². The quantitative estimate of drug-likeness (QED) is 0.251. The van der Waals surface area contributed by atoms with Crippen molar-refractivity contribution in [3.05, 3.63) is 75.3 Å². The Bertz CT molecular complexity index is 889. The van der Waals surface area contributed by atoms with Crippen LogP contribution in [0.25, 0.3) is 5.53 Å². The van der Waals surface area contributed by atoms with E-state index in [2.05, 4.69) is 10.1 Å². The number of carbonyl (C=O) groups is 2. The zero-order valence-corrected chi connectivity index (χ0v) is 14.2. The highest BCUT2D eigenvalue weighted by Gasteiger charge is 2.09. The fourth-order valence-corrected chi connectivity index (χ4v) is 2.21. The van der Waals surface area contributed by atoms with Crippen molar-refractivity contribution in [2.45, 2.75) is 19.4 Å². The van der Waals surface area contributed by atoms with Crippen LogP contribution in [-0.2, 0) is 22.6 Å². The topological polar surface area (TPSA) is 135 Å². The van der Waals surface area contributed by atoms with Crippen LogP contribution in [0.15, 0.2) is 48.5 Å². The van der Waals surface area contributed by atoms with Gasteiger partial charge in [0.1, 0.15) is 6.61 Å². The summed E-state index contributed by atoms with van der Waals surface area (Å²) in [7, 11) is 0. The first-order valence-corrected chi connectivity index (χ1v) is 7.94. The van der Waals surface area contributed by atoms with E-state index in [1.807, 2.05) is 0 Å². The number of ketones is 1. The maximum absolute atomic E-state index is 11.8. The molecule has 0 saturated carbocycles. The molecule has 2 rings (SSSR count). The molecule has 9 heteroatoms. The largest absolute Gasteiger partial charge is 0.444 e. The van der Waals surface area contributed by atoms with Gasteiger partial charge in [-0.1, -0.05) is 24.3 Å². The summed E-state index contributed by atoms with van der Waals surface area (Å²) < 4.78 is 5.05. The summed E-state index contributed by atoms with van der Waals surface area (Å²) in [5.41, 5.74) is 10.1. The van der Waals surface area contributed by atoms with Crippen LogP contribution in [0.5, 0.6) is 0 Å². The number of benzene rings is 2. The molecule has 0 aliphatic heterocycles. The summed E-state index contributed by atoms with van der Waals surface area (Å²) >= 11 is 0. The smallest absolute Gasteiger partial charge is 0.411 e. The lowest BCUT2D eigenvalue weighted by atomic mass is 10.1. The van der Waals surface area contributed by atoms with Crippen molar-refractivity contribution >= 4 is 29.5 Å². The fourth-order valence-electron chi connectivity index (χ4n) is 2.21. The van der Waals surface area contributed by atoms with Gasteiger partial charge in [0.15, 0.2) is 0 Å². The first-order valence-electron chi connectivity index (χ1n) is 7.94. The summed E-state index contributed by atoms with van der Waals surface area (Å²) in [5.74, 6) is -0.288. The zero-order chi connectivity index (χ0) is 19.6. The normalized spacial score (nSPS) is 9.78. The predicted octanol–water partition coefficient (Wildman–Crippen LogP) is 3.15. The number of carbonyl (C=O) groups excluding carboxylic acids is 2. The molecule has 0 heterocycles. The number of rotatable bonds is 8. The van der Waals surface area contributed by atoms with Crippen LogP contribution in [0.3, 0.4) is 0 Å². The Balaban J connectivity index is 1.83. The van der Waals surface area contributed by atoms with E-state index in [0.717, 1.165) is 11.8 Å². The molecule has 2 aromatic rings. The van der Waals surface area contributed by atoms with Crippen molar-refractivity contribution in [1.82, 2.24) is 0 Å². The molecule has 1 N–H and O–H groups in total. The van der Waals surface area contributed by atoms with E-state index in [0.29, 0.717) is 17.7 Å². The van der Waals surface area contributed by atoms with Crippen molar-refractivity contribution in [1.29, 1.82) is 0 Å². The van der Waals surface area contributed by atoms with Gasteiger partial charge in [0.05, 0.1) is 4.92 Å². The van der Waals surface area contributed by atoms with Crippen molar-refractivity contribution < 1.29 is 24.0 Å². The fraction of sp³-hybridized carbons (Fsp3) is 0.167. The predicted molar refractivity (Wildman–Crippen MR) is 96.4 cm³/mol. The minimum atomic E-state index is -0.691.